The molecule has 0 saturated carbocycles. The Morgan fingerprint density at radius 2 is 1.57 bits per heavy atom. The van der Waals surface area contributed by atoms with Gasteiger partial charge in [-0.15, -0.1) is 0 Å². The van der Waals surface area contributed by atoms with Crippen LogP contribution >= 0.6 is 0 Å². The number of carbonyl (C=O) groups is 1. The summed E-state index contributed by atoms with van der Waals surface area (Å²) in [5, 5.41) is 0. The Hall–Kier alpha value is -2.23. The van der Waals surface area contributed by atoms with Gasteiger partial charge in [-0.05, 0) is 30.5 Å². The number of primary amides is 1. The van der Waals surface area contributed by atoms with Crippen LogP contribution in [-0.4, -0.2) is 15.9 Å². The number of benzene rings is 1. The molecule has 1 heterocycles. The summed E-state index contributed by atoms with van der Waals surface area (Å²) in [6.07, 6.45) is 12.6. The predicted molar refractivity (Wildman–Crippen MR) is 93.1 cm³/mol. The zero-order valence-corrected chi connectivity index (χ0v) is 13.8. The summed E-state index contributed by atoms with van der Waals surface area (Å²) in [7, 11) is 0. The number of nitrogens with two attached hydrogens (primary N) is 1. The molecule has 0 radical (unpaired) electrons. The van der Waals surface area contributed by atoms with Crippen molar-refractivity contribution in [3.05, 3.63) is 47.8 Å². The molecule has 0 aliphatic rings. The van der Waals surface area contributed by atoms with E-state index in [9.17, 15) is 4.79 Å². The fourth-order valence-corrected chi connectivity index (χ4v) is 2.53. The third-order valence-electron chi connectivity index (χ3n) is 3.95. The van der Waals surface area contributed by atoms with E-state index in [1.165, 1.54) is 44.1 Å². The number of hydrogen-bond donors (Lipinski definition) is 1. The Morgan fingerprint density at radius 3 is 2.17 bits per heavy atom. The second-order valence-corrected chi connectivity index (χ2v) is 5.87. The van der Waals surface area contributed by atoms with E-state index in [4.69, 9.17) is 5.73 Å². The highest BCUT2D eigenvalue weighted by Gasteiger charge is 2.04. The first-order valence-electron chi connectivity index (χ1n) is 8.42. The van der Waals surface area contributed by atoms with Gasteiger partial charge in [0.2, 0.25) is 5.91 Å². The topological polar surface area (TPSA) is 68.9 Å². The third-order valence-corrected chi connectivity index (χ3v) is 3.95. The van der Waals surface area contributed by atoms with Crippen molar-refractivity contribution in [3.63, 3.8) is 0 Å². The van der Waals surface area contributed by atoms with Gasteiger partial charge in [0, 0.05) is 23.5 Å². The summed E-state index contributed by atoms with van der Waals surface area (Å²) in [5.74, 6) is 0.250. The minimum Gasteiger partial charge on any atom is -0.366 e. The minimum atomic E-state index is -0.424. The maximum Gasteiger partial charge on any atom is 0.248 e. The molecule has 1 aromatic carbocycles. The summed E-state index contributed by atoms with van der Waals surface area (Å²) in [5.41, 5.74) is 7.80. The lowest BCUT2D eigenvalue weighted by Gasteiger charge is -2.04. The van der Waals surface area contributed by atoms with Crippen LogP contribution in [0.25, 0.3) is 11.4 Å². The molecule has 23 heavy (non-hydrogen) atoms. The summed E-state index contributed by atoms with van der Waals surface area (Å²) >= 11 is 0. The van der Waals surface area contributed by atoms with Crippen molar-refractivity contribution in [1.82, 2.24) is 9.97 Å². The molecule has 1 amide bonds. The van der Waals surface area contributed by atoms with E-state index in [1.54, 1.807) is 12.1 Å². The number of amides is 1. The maximum absolute atomic E-state index is 11.1. The van der Waals surface area contributed by atoms with Gasteiger partial charge in [0.25, 0.3) is 0 Å². The first-order valence-corrected chi connectivity index (χ1v) is 8.42. The fraction of sp³-hybridized carbons (Fsp3) is 0.421. The van der Waals surface area contributed by atoms with Crippen LogP contribution in [0.2, 0.25) is 0 Å². The lowest BCUT2D eigenvalue weighted by atomic mass is 10.1. The summed E-state index contributed by atoms with van der Waals surface area (Å²) in [6, 6.07) is 7.04. The Labute approximate surface area is 138 Å². The molecule has 0 saturated heterocycles. The van der Waals surface area contributed by atoms with Crippen molar-refractivity contribution in [2.45, 2.75) is 51.9 Å². The van der Waals surface area contributed by atoms with Crippen LogP contribution in [0.1, 0.15) is 61.4 Å². The Kier molecular flexibility index (Phi) is 6.73. The quantitative estimate of drug-likeness (QED) is 0.707. The highest BCUT2D eigenvalue weighted by molar-refractivity contribution is 5.93. The van der Waals surface area contributed by atoms with Crippen molar-refractivity contribution < 1.29 is 4.79 Å². The number of aromatic nitrogens is 2. The number of nitrogens with zero attached hydrogens (tertiary/aromatic N) is 2. The first-order chi connectivity index (χ1) is 11.2. The predicted octanol–water partition coefficient (Wildman–Crippen LogP) is 4.15. The molecule has 1 aromatic heterocycles. The number of hydrogen-bond acceptors (Lipinski definition) is 3. The highest BCUT2D eigenvalue weighted by atomic mass is 16.1. The molecule has 0 aliphatic heterocycles. The molecule has 122 valence electrons. The first kappa shape index (κ1) is 17.1. The average molecular weight is 311 g/mol. The van der Waals surface area contributed by atoms with Gasteiger partial charge in [-0.3, -0.25) is 4.79 Å². The van der Waals surface area contributed by atoms with Gasteiger partial charge in [0.05, 0.1) is 0 Å². The zero-order chi connectivity index (χ0) is 16.5. The number of unbranched alkanes of at least 4 members (excludes halogenated alkanes) is 5. The van der Waals surface area contributed by atoms with Gasteiger partial charge in [0.1, 0.15) is 0 Å². The number of rotatable bonds is 9. The fourth-order valence-electron chi connectivity index (χ4n) is 2.53. The van der Waals surface area contributed by atoms with E-state index >= 15 is 0 Å². The monoisotopic (exact) mass is 311 g/mol. The standard InChI is InChI=1S/C19H25N3O/c1-2-3-4-5-6-7-8-15-13-21-19(22-14-15)17-11-9-16(10-12-17)18(20)23/h9-14H,2-8H2,1H3,(H2,20,23). The van der Waals surface area contributed by atoms with Crippen molar-refractivity contribution in [3.8, 4) is 11.4 Å². The molecule has 0 bridgehead atoms. The Bertz CT molecular complexity index is 606. The van der Waals surface area contributed by atoms with Crippen LogP contribution < -0.4 is 5.73 Å². The van der Waals surface area contributed by atoms with E-state index < -0.39 is 5.91 Å². The number of aryl methyl sites for hydroxylation is 1. The molecule has 0 unspecified atom stereocenters. The normalized spacial score (nSPS) is 10.7. The molecule has 0 atom stereocenters. The average Bonchev–Trinajstić information content (AvgIpc) is 2.58. The molecule has 2 aromatic rings. The zero-order valence-electron chi connectivity index (χ0n) is 13.8. The van der Waals surface area contributed by atoms with Crippen LogP contribution in [-0.2, 0) is 6.42 Å². The molecule has 2 N–H and O–H groups in total. The summed E-state index contributed by atoms with van der Waals surface area (Å²) < 4.78 is 0. The van der Waals surface area contributed by atoms with Crippen molar-refractivity contribution >= 4 is 5.91 Å². The molecule has 2 rings (SSSR count). The van der Waals surface area contributed by atoms with Gasteiger partial charge in [-0.25, -0.2) is 9.97 Å². The SMILES string of the molecule is CCCCCCCCc1cnc(-c2ccc(C(N)=O)cc2)nc1. The van der Waals surface area contributed by atoms with Crippen molar-refractivity contribution in [2.24, 2.45) is 5.73 Å². The summed E-state index contributed by atoms with van der Waals surface area (Å²) in [4.78, 5) is 19.9. The van der Waals surface area contributed by atoms with E-state index in [2.05, 4.69) is 16.9 Å². The van der Waals surface area contributed by atoms with Gasteiger partial charge in [-0.1, -0.05) is 51.2 Å². The van der Waals surface area contributed by atoms with Crippen LogP contribution in [0.15, 0.2) is 36.7 Å². The second-order valence-electron chi connectivity index (χ2n) is 5.87. The van der Waals surface area contributed by atoms with Gasteiger partial charge in [-0.2, -0.15) is 0 Å². The van der Waals surface area contributed by atoms with E-state index in [1.807, 2.05) is 24.5 Å². The summed E-state index contributed by atoms with van der Waals surface area (Å²) in [6.45, 7) is 2.24. The molecular weight excluding hydrogens is 286 g/mol. The van der Waals surface area contributed by atoms with Crippen LogP contribution in [0.3, 0.4) is 0 Å². The van der Waals surface area contributed by atoms with Crippen LogP contribution in [0, 0.1) is 0 Å². The van der Waals surface area contributed by atoms with Gasteiger partial charge < -0.3 is 5.73 Å². The molecular formula is C19H25N3O. The van der Waals surface area contributed by atoms with E-state index in [0.29, 0.717) is 11.4 Å². The molecule has 4 nitrogen and oxygen atoms in total. The van der Waals surface area contributed by atoms with E-state index in [0.717, 1.165) is 12.0 Å². The van der Waals surface area contributed by atoms with Crippen LogP contribution in [0.5, 0.6) is 0 Å². The minimum absolute atomic E-state index is 0.424. The van der Waals surface area contributed by atoms with E-state index in [-0.39, 0.29) is 0 Å². The molecule has 0 fully saturated rings. The second kappa shape index (κ2) is 9.03. The van der Waals surface area contributed by atoms with Crippen molar-refractivity contribution in [2.75, 3.05) is 0 Å². The Balaban J connectivity index is 1.85. The lowest BCUT2D eigenvalue weighted by molar-refractivity contribution is 0.100. The highest BCUT2D eigenvalue weighted by Crippen LogP contribution is 2.16. The molecule has 4 heteroatoms. The van der Waals surface area contributed by atoms with Crippen molar-refractivity contribution in [1.29, 1.82) is 0 Å². The van der Waals surface area contributed by atoms with Gasteiger partial charge in [0.15, 0.2) is 5.82 Å². The maximum atomic E-state index is 11.1. The molecule has 0 spiro atoms. The number of carbonyl (C=O) groups excluding carboxylic acids is 1. The smallest absolute Gasteiger partial charge is 0.248 e. The Morgan fingerprint density at radius 1 is 0.957 bits per heavy atom. The van der Waals surface area contributed by atoms with Gasteiger partial charge >= 0.3 is 0 Å². The molecule has 0 aliphatic carbocycles. The lowest BCUT2D eigenvalue weighted by Crippen LogP contribution is -2.10. The largest absolute Gasteiger partial charge is 0.366 e. The van der Waals surface area contributed by atoms with Crippen LogP contribution in [0.4, 0.5) is 0 Å². The third kappa shape index (κ3) is 5.47.